The fraction of sp³-hybridized carbons (Fsp3) is 0.333. The summed E-state index contributed by atoms with van der Waals surface area (Å²) in [7, 11) is 2.13. The standard InChI is InChI=1S/C12H14N4/c1-9-11-5-3-4-6-12(11)16-10(7-13-14-16)8-15(9)2/h3-7,9H,8H2,1-2H3. The van der Waals surface area contributed by atoms with Gasteiger partial charge in [-0.05, 0) is 25.6 Å². The van der Waals surface area contributed by atoms with Gasteiger partial charge in [-0.25, -0.2) is 4.68 Å². The molecule has 1 atom stereocenters. The molecule has 2 heterocycles. The van der Waals surface area contributed by atoms with Crippen LogP contribution in [0.2, 0.25) is 0 Å². The van der Waals surface area contributed by atoms with Gasteiger partial charge in [0.25, 0.3) is 0 Å². The van der Waals surface area contributed by atoms with Gasteiger partial charge in [0, 0.05) is 12.6 Å². The predicted octanol–water partition coefficient (Wildman–Crippen LogP) is 1.77. The average Bonchev–Trinajstić information content (AvgIpc) is 2.72. The highest BCUT2D eigenvalue weighted by Gasteiger charge is 2.23. The minimum atomic E-state index is 0.401. The largest absolute Gasteiger partial charge is 0.294 e. The Labute approximate surface area is 94.5 Å². The number of aromatic nitrogens is 3. The smallest absolute Gasteiger partial charge is 0.0786 e. The number of fused-ring (bicyclic) bond motifs is 3. The van der Waals surface area contributed by atoms with Gasteiger partial charge in [-0.15, -0.1) is 5.10 Å². The minimum Gasteiger partial charge on any atom is -0.294 e. The maximum absolute atomic E-state index is 4.17. The average molecular weight is 214 g/mol. The number of rotatable bonds is 0. The van der Waals surface area contributed by atoms with E-state index in [2.05, 4.69) is 47.4 Å². The zero-order chi connectivity index (χ0) is 11.1. The Kier molecular flexibility index (Phi) is 2.04. The maximum atomic E-state index is 4.17. The van der Waals surface area contributed by atoms with Crippen molar-refractivity contribution < 1.29 is 0 Å². The molecular weight excluding hydrogens is 200 g/mol. The van der Waals surface area contributed by atoms with E-state index in [9.17, 15) is 0 Å². The van der Waals surface area contributed by atoms with Crippen molar-refractivity contribution >= 4 is 0 Å². The van der Waals surface area contributed by atoms with Crippen LogP contribution in [0.3, 0.4) is 0 Å². The zero-order valence-electron chi connectivity index (χ0n) is 9.46. The SMILES string of the molecule is CC1c2ccccc2-n2nncc2CN1C. The lowest BCUT2D eigenvalue weighted by Crippen LogP contribution is -2.20. The fourth-order valence-electron chi connectivity index (χ4n) is 2.23. The second kappa shape index (κ2) is 3.42. The summed E-state index contributed by atoms with van der Waals surface area (Å²) < 4.78 is 1.94. The number of hydrogen-bond donors (Lipinski definition) is 0. The van der Waals surface area contributed by atoms with Gasteiger partial charge >= 0.3 is 0 Å². The molecule has 0 bridgehead atoms. The summed E-state index contributed by atoms with van der Waals surface area (Å²) in [5.74, 6) is 0. The maximum Gasteiger partial charge on any atom is 0.0786 e. The van der Waals surface area contributed by atoms with Crippen LogP contribution in [0, 0.1) is 0 Å². The number of nitrogens with zero attached hydrogens (tertiary/aromatic N) is 4. The molecule has 82 valence electrons. The van der Waals surface area contributed by atoms with Gasteiger partial charge in [-0.2, -0.15) is 0 Å². The number of para-hydroxylation sites is 1. The van der Waals surface area contributed by atoms with Crippen LogP contribution >= 0.6 is 0 Å². The number of hydrogen-bond acceptors (Lipinski definition) is 3. The van der Waals surface area contributed by atoms with Crippen LogP contribution in [0.4, 0.5) is 0 Å². The molecule has 0 spiro atoms. The predicted molar refractivity (Wildman–Crippen MR) is 61.2 cm³/mol. The molecule has 0 amide bonds. The summed E-state index contributed by atoms with van der Waals surface area (Å²) in [6, 6.07) is 8.78. The summed E-state index contributed by atoms with van der Waals surface area (Å²) >= 11 is 0. The minimum absolute atomic E-state index is 0.401. The normalized spacial score (nSPS) is 20.0. The first-order chi connectivity index (χ1) is 7.77. The fourth-order valence-corrected chi connectivity index (χ4v) is 2.23. The molecule has 16 heavy (non-hydrogen) atoms. The van der Waals surface area contributed by atoms with Crippen LogP contribution in [-0.2, 0) is 6.54 Å². The van der Waals surface area contributed by atoms with E-state index in [0.717, 1.165) is 17.9 Å². The van der Waals surface area contributed by atoms with E-state index in [1.54, 1.807) is 0 Å². The first-order valence-electron chi connectivity index (χ1n) is 5.46. The molecule has 2 aromatic rings. The summed E-state index contributed by atoms with van der Waals surface area (Å²) in [5.41, 5.74) is 3.58. The molecule has 1 aromatic carbocycles. The quantitative estimate of drug-likeness (QED) is 0.670. The third-order valence-electron chi connectivity index (χ3n) is 3.31. The molecule has 0 fully saturated rings. The molecule has 3 rings (SSSR count). The van der Waals surface area contributed by atoms with Gasteiger partial charge in [0.05, 0.1) is 17.6 Å². The highest BCUT2D eigenvalue weighted by Crippen LogP contribution is 2.29. The first-order valence-corrected chi connectivity index (χ1v) is 5.46. The monoisotopic (exact) mass is 214 g/mol. The Morgan fingerprint density at radius 3 is 3.00 bits per heavy atom. The third kappa shape index (κ3) is 1.27. The highest BCUT2D eigenvalue weighted by atomic mass is 15.4. The van der Waals surface area contributed by atoms with Crippen molar-refractivity contribution in [3.63, 3.8) is 0 Å². The summed E-state index contributed by atoms with van der Waals surface area (Å²) in [5, 5.41) is 8.16. The van der Waals surface area contributed by atoms with Gasteiger partial charge in [0.1, 0.15) is 0 Å². The molecule has 1 unspecified atom stereocenters. The van der Waals surface area contributed by atoms with E-state index in [1.165, 1.54) is 5.56 Å². The lowest BCUT2D eigenvalue weighted by atomic mass is 10.1. The van der Waals surface area contributed by atoms with Crippen LogP contribution in [0.1, 0.15) is 24.2 Å². The van der Waals surface area contributed by atoms with E-state index in [0.29, 0.717) is 6.04 Å². The Morgan fingerprint density at radius 1 is 1.31 bits per heavy atom. The molecule has 1 aromatic heterocycles. The van der Waals surface area contributed by atoms with Crippen LogP contribution < -0.4 is 0 Å². The molecule has 0 saturated heterocycles. The second-order valence-corrected chi connectivity index (χ2v) is 4.29. The topological polar surface area (TPSA) is 34.0 Å². The van der Waals surface area contributed by atoms with Crippen molar-refractivity contribution in [1.82, 2.24) is 19.9 Å². The summed E-state index contributed by atoms with van der Waals surface area (Å²) in [6.45, 7) is 3.10. The third-order valence-corrected chi connectivity index (χ3v) is 3.31. The van der Waals surface area contributed by atoms with Crippen molar-refractivity contribution in [3.8, 4) is 5.69 Å². The van der Waals surface area contributed by atoms with E-state index < -0.39 is 0 Å². The van der Waals surface area contributed by atoms with Crippen molar-refractivity contribution in [2.24, 2.45) is 0 Å². The molecule has 0 aliphatic carbocycles. The molecule has 4 heteroatoms. The molecule has 4 nitrogen and oxygen atoms in total. The van der Waals surface area contributed by atoms with Crippen molar-refractivity contribution in [1.29, 1.82) is 0 Å². The lowest BCUT2D eigenvalue weighted by molar-refractivity contribution is 0.254. The molecule has 0 N–H and O–H groups in total. The number of benzene rings is 1. The first kappa shape index (κ1) is 9.54. The Hall–Kier alpha value is -1.68. The van der Waals surface area contributed by atoms with Gasteiger partial charge in [-0.3, -0.25) is 4.90 Å². The van der Waals surface area contributed by atoms with Gasteiger partial charge < -0.3 is 0 Å². The Morgan fingerprint density at radius 2 is 2.12 bits per heavy atom. The van der Waals surface area contributed by atoms with E-state index in [-0.39, 0.29) is 0 Å². The van der Waals surface area contributed by atoms with Crippen molar-refractivity contribution in [3.05, 3.63) is 41.7 Å². The molecule has 0 radical (unpaired) electrons. The van der Waals surface area contributed by atoms with Crippen molar-refractivity contribution in [2.75, 3.05) is 7.05 Å². The van der Waals surface area contributed by atoms with Crippen LogP contribution in [-0.4, -0.2) is 26.9 Å². The Balaban J connectivity index is 2.28. The van der Waals surface area contributed by atoms with Crippen LogP contribution in [0.15, 0.2) is 30.5 Å². The zero-order valence-corrected chi connectivity index (χ0v) is 9.46. The van der Waals surface area contributed by atoms with E-state index in [1.807, 2.05) is 16.9 Å². The van der Waals surface area contributed by atoms with E-state index in [4.69, 9.17) is 0 Å². The van der Waals surface area contributed by atoms with Crippen LogP contribution in [0.25, 0.3) is 5.69 Å². The molecular formula is C12H14N4. The molecule has 1 aliphatic heterocycles. The summed E-state index contributed by atoms with van der Waals surface area (Å²) in [6.07, 6.45) is 1.84. The van der Waals surface area contributed by atoms with Gasteiger partial charge in [-0.1, -0.05) is 23.4 Å². The van der Waals surface area contributed by atoms with E-state index >= 15 is 0 Å². The second-order valence-electron chi connectivity index (χ2n) is 4.29. The van der Waals surface area contributed by atoms with Gasteiger partial charge in [0.2, 0.25) is 0 Å². The van der Waals surface area contributed by atoms with Crippen LogP contribution in [0.5, 0.6) is 0 Å². The summed E-state index contributed by atoms with van der Waals surface area (Å²) in [4.78, 5) is 2.31. The highest BCUT2D eigenvalue weighted by molar-refractivity contribution is 5.44. The molecule has 0 saturated carbocycles. The van der Waals surface area contributed by atoms with Gasteiger partial charge in [0.15, 0.2) is 0 Å². The lowest BCUT2D eigenvalue weighted by Gasteiger charge is -2.22. The molecule has 1 aliphatic rings. The Bertz CT molecular complexity index is 517. The van der Waals surface area contributed by atoms with Crippen molar-refractivity contribution in [2.45, 2.75) is 19.5 Å².